The van der Waals surface area contributed by atoms with Gasteiger partial charge in [-0.1, -0.05) is 72.1 Å². The largest absolute Gasteiger partial charge is 0.507 e. The number of benzene rings is 3. The van der Waals surface area contributed by atoms with E-state index in [4.69, 9.17) is 27.9 Å². The van der Waals surface area contributed by atoms with Gasteiger partial charge in [-0.3, -0.25) is 29.5 Å². The van der Waals surface area contributed by atoms with Crippen LogP contribution >= 0.6 is 23.2 Å². The van der Waals surface area contributed by atoms with Crippen molar-refractivity contribution in [1.29, 1.82) is 0 Å². The highest BCUT2D eigenvalue weighted by molar-refractivity contribution is 6.36. The number of aryl methyl sites for hydroxylation is 1. The lowest BCUT2D eigenvalue weighted by Gasteiger charge is -2.50. The maximum atomic E-state index is 15.2. The number of ether oxygens (including phenoxy) is 1. The predicted molar refractivity (Wildman–Crippen MR) is 180 cm³/mol. The Hall–Kier alpha value is -4.34. The van der Waals surface area contributed by atoms with E-state index in [0.29, 0.717) is 52.5 Å². The first kappa shape index (κ1) is 32.2. The van der Waals surface area contributed by atoms with Crippen LogP contribution in [0.1, 0.15) is 48.8 Å². The maximum absolute atomic E-state index is 15.2. The van der Waals surface area contributed by atoms with Gasteiger partial charge in [0.25, 0.3) is 11.8 Å². The number of anilines is 1. The minimum atomic E-state index is -1.54. The Labute approximate surface area is 288 Å². The minimum Gasteiger partial charge on any atom is -0.507 e. The van der Waals surface area contributed by atoms with Gasteiger partial charge in [0.15, 0.2) is 0 Å². The molecule has 9 nitrogen and oxygen atoms in total. The molecule has 0 spiro atoms. The predicted octanol–water partition coefficient (Wildman–Crippen LogP) is 6.41. The number of rotatable bonds is 7. The molecule has 0 aromatic heterocycles. The van der Waals surface area contributed by atoms with Gasteiger partial charge in [-0.15, -0.1) is 0 Å². The summed E-state index contributed by atoms with van der Waals surface area (Å²) < 4.78 is 5.44. The number of amides is 4. The van der Waals surface area contributed by atoms with Crippen LogP contribution in [0.3, 0.4) is 0 Å². The summed E-state index contributed by atoms with van der Waals surface area (Å²) in [4.78, 5) is 58.9. The van der Waals surface area contributed by atoms with E-state index < -0.39 is 46.8 Å². The van der Waals surface area contributed by atoms with E-state index in [-0.39, 0.29) is 29.0 Å². The van der Waals surface area contributed by atoms with Crippen molar-refractivity contribution in [3.8, 4) is 11.5 Å². The molecule has 4 aliphatic rings. The molecule has 0 bridgehead atoms. The van der Waals surface area contributed by atoms with Crippen LogP contribution < -0.4 is 10.2 Å². The van der Waals surface area contributed by atoms with Crippen molar-refractivity contribution in [3.05, 3.63) is 99.0 Å². The Morgan fingerprint density at radius 3 is 2.42 bits per heavy atom. The van der Waals surface area contributed by atoms with E-state index in [1.165, 1.54) is 11.0 Å². The third kappa shape index (κ3) is 4.58. The van der Waals surface area contributed by atoms with E-state index in [1.54, 1.807) is 62.6 Å². The fraction of sp³-hybridized carbons (Fsp3) is 0.351. The van der Waals surface area contributed by atoms with Crippen LogP contribution in [0, 0.1) is 30.6 Å². The summed E-state index contributed by atoms with van der Waals surface area (Å²) in [5, 5.41) is 13.3. The van der Waals surface area contributed by atoms with Crippen molar-refractivity contribution >= 4 is 52.5 Å². The standard InChI is InChI=1S/C37H35Cl2N3O6/c1-4-16-41-33(44)24-14-13-23-26(30(24)35(41)46)18-27-34(45)42(40-29-15-10-21(38)17-28(29)39)36(47)37(27,20-8-11-22(48-3)12-9-20)31(23)25-7-5-6-19(2)32(25)43/h5-13,15,17,24,26-27,30-31,40,43H,4,14,16,18H2,1-3H3. The van der Waals surface area contributed by atoms with Crippen LogP contribution in [-0.4, -0.2) is 52.3 Å². The normalized spacial score (nSPS) is 27.9. The molecule has 2 heterocycles. The van der Waals surface area contributed by atoms with Crippen LogP contribution in [-0.2, 0) is 24.6 Å². The number of fused-ring (bicyclic) bond motifs is 4. The van der Waals surface area contributed by atoms with E-state index in [0.717, 1.165) is 10.6 Å². The van der Waals surface area contributed by atoms with Gasteiger partial charge in [-0.25, -0.2) is 0 Å². The summed E-state index contributed by atoms with van der Waals surface area (Å²) >= 11 is 12.7. The number of hydrazine groups is 1. The number of methoxy groups -OCH3 is 1. The van der Waals surface area contributed by atoms with E-state index >= 15 is 4.79 Å². The average Bonchev–Trinajstić information content (AvgIpc) is 3.44. The van der Waals surface area contributed by atoms with E-state index in [1.807, 2.05) is 19.1 Å². The molecule has 11 heteroatoms. The molecule has 6 atom stereocenters. The van der Waals surface area contributed by atoms with Crippen LogP contribution in [0.4, 0.5) is 5.69 Å². The SMILES string of the molecule is CCCN1C(=O)C2CC=C3C(CC4C(=O)N(Nc5ccc(Cl)cc5Cl)C(=O)C4(c4ccc(OC)cc4)C3c3cccc(C)c3O)C2C1=O. The fourth-order valence-corrected chi connectivity index (χ4v) is 9.06. The number of allylic oxidation sites excluding steroid dienone is 2. The van der Waals surface area contributed by atoms with Gasteiger partial charge in [0, 0.05) is 23.0 Å². The van der Waals surface area contributed by atoms with Crippen LogP contribution in [0.25, 0.3) is 0 Å². The van der Waals surface area contributed by atoms with Crippen molar-refractivity contribution in [2.24, 2.45) is 23.7 Å². The molecule has 3 fully saturated rings. The molecule has 7 rings (SSSR count). The lowest BCUT2D eigenvalue weighted by Crippen LogP contribution is -2.53. The van der Waals surface area contributed by atoms with Crippen molar-refractivity contribution in [2.75, 3.05) is 19.1 Å². The molecule has 248 valence electrons. The molecule has 0 radical (unpaired) electrons. The molecule has 3 aromatic carbocycles. The fourth-order valence-electron chi connectivity index (χ4n) is 8.61. The quantitative estimate of drug-likeness (QED) is 0.218. The number of para-hydroxylation sites is 1. The lowest BCUT2D eigenvalue weighted by atomic mass is 9.49. The molecule has 4 amide bonds. The molecule has 2 aliphatic heterocycles. The number of carbonyl (C=O) groups excluding carboxylic acids is 4. The second kappa shape index (κ2) is 12.0. The van der Waals surface area contributed by atoms with E-state index in [2.05, 4.69) is 5.43 Å². The van der Waals surface area contributed by atoms with Gasteiger partial charge in [0.2, 0.25) is 11.8 Å². The molecule has 2 N–H and O–H groups in total. The lowest BCUT2D eigenvalue weighted by molar-refractivity contribution is -0.141. The highest BCUT2D eigenvalue weighted by Gasteiger charge is 2.70. The number of halogens is 2. The van der Waals surface area contributed by atoms with Gasteiger partial charge in [-0.05, 0) is 73.6 Å². The summed E-state index contributed by atoms with van der Waals surface area (Å²) in [6, 6.07) is 17.1. The number of likely N-dealkylation sites (tertiary alicyclic amines) is 1. The van der Waals surface area contributed by atoms with E-state index in [9.17, 15) is 19.5 Å². The number of phenols is 1. The summed E-state index contributed by atoms with van der Waals surface area (Å²) in [5.74, 6) is -4.44. The van der Waals surface area contributed by atoms with Gasteiger partial charge in [0.05, 0.1) is 41.0 Å². The molecule has 6 unspecified atom stereocenters. The third-order valence-corrected chi connectivity index (χ3v) is 11.2. The minimum absolute atomic E-state index is 0.00616. The second-order valence-corrected chi connectivity index (χ2v) is 13.9. The molecular formula is C37H35Cl2N3O6. The first-order valence-corrected chi connectivity index (χ1v) is 16.9. The number of hydrogen-bond donors (Lipinski definition) is 2. The average molecular weight is 689 g/mol. The second-order valence-electron chi connectivity index (χ2n) is 13.1. The number of carbonyl (C=O) groups is 4. The summed E-state index contributed by atoms with van der Waals surface area (Å²) in [6.07, 6.45) is 3.08. The summed E-state index contributed by atoms with van der Waals surface area (Å²) in [6.45, 7) is 4.02. The Kier molecular flexibility index (Phi) is 8.03. The maximum Gasteiger partial charge on any atom is 0.260 e. The topological polar surface area (TPSA) is 116 Å². The molecule has 48 heavy (non-hydrogen) atoms. The third-order valence-electron chi connectivity index (χ3n) is 10.7. The van der Waals surface area contributed by atoms with Gasteiger partial charge in [0.1, 0.15) is 11.5 Å². The zero-order chi connectivity index (χ0) is 34.1. The smallest absolute Gasteiger partial charge is 0.260 e. The highest BCUT2D eigenvalue weighted by atomic mass is 35.5. The first-order valence-electron chi connectivity index (χ1n) is 16.1. The Morgan fingerprint density at radius 2 is 1.73 bits per heavy atom. The molecular weight excluding hydrogens is 653 g/mol. The van der Waals surface area contributed by atoms with Crippen LogP contribution in [0.5, 0.6) is 11.5 Å². The number of nitrogens with one attached hydrogen (secondary N) is 1. The molecule has 2 saturated heterocycles. The number of hydrogen-bond acceptors (Lipinski definition) is 7. The van der Waals surface area contributed by atoms with Crippen LogP contribution in [0.15, 0.2) is 72.3 Å². The number of phenolic OH excluding ortho intramolecular Hbond substituents is 1. The van der Waals surface area contributed by atoms with Gasteiger partial charge < -0.3 is 9.84 Å². The summed E-state index contributed by atoms with van der Waals surface area (Å²) in [7, 11) is 1.55. The summed E-state index contributed by atoms with van der Waals surface area (Å²) in [5.41, 5.74) is 4.17. The van der Waals surface area contributed by atoms with Crippen molar-refractivity contribution in [2.45, 2.75) is 44.4 Å². The number of nitrogens with zero attached hydrogens (tertiary/aromatic N) is 2. The van der Waals surface area contributed by atoms with Crippen LogP contribution in [0.2, 0.25) is 10.0 Å². The van der Waals surface area contributed by atoms with Crippen molar-refractivity contribution in [1.82, 2.24) is 9.91 Å². The van der Waals surface area contributed by atoms with Crippen molar-refractivity contribution in [3.63, 3.8) is 0 Å². The zero-order valence-corrected chi connectivity index (χ0v) is 28.2. The number of imide groups is 2. The molecule has 3 aromatic rings. The van der Waals surface area contributed by atoms with Gasteiger partial charge >= 0.3 is 0 Å². The number of aromatic hydroxyl groups is 1. The van der Waals surface area contributed by atoms with Gasteiger partial charge in [-0.2, -0.15) is 5.01 Å². The first-order chi connectivity index (χ1) is 23.0. The van der Waals surface area contributed by atoms with Crippen molar-refractivity contribution < 1.29 is 29.0 Å². The Balaban J connectivity index is 1.47. The Bertz CT molecular complexity index is 1890. The molecule has 2 aliphatic carbocycles. The molecule has 1 saturated carbocycles. The monoisotopic (exact) mass is 687 g/mol. The highest BCUT2D eigenvalue weighted by Crippen LogP contribution is 2.65. The zero-order valence-electron chi connectivity index (χ0n) is 26.7. The Morgan fingerprint density at radius 1 is 0.979 bits per heavy atom.